The Morgan fingerprint density at radius 2 is 1.97 bits per heavy atom. The van der Waals surface area contributed by atoms with E-state index in [2.05, 4.69) is 47.9 Å². The summed E-state index contributed by atoms with van der Waals surface area (Å²) in [5.41, 5.74) is 1.84. The molecule has 29 heavy (non-hydrogen) atoms. The maximum Gasteiger partial charge on any atom is 0.251 e. The van der Waals surface area contributed by atoms with Crippen LogP contribution in [0.3, 0.4) is 0 Å². The Labute approximate surface area is 176 Å². The molecule has 1 unspecified atom stereocenters. The van der Waals surface area contributed by atoms with E-state index in [0.29, 0.717) is 11.6 Å². The molecule has 0 radical (unpaired) electrons. The molecular formula is C23H39N5O. The Bertz CT molecular complexity index is 652. The minimum atomic E-state index is -0.0489. The zero-order valence-electron chi connectivity index (χ0n) is 18.6. The Kier molecular flexibility index (Phi) is 9.98. The van der Waals surface area contributed by atoms with Crippen molar-refractivity contribution in [3.8, 4) is 0 Å². The van der Waals surface area contributed by atoms with Crippen LogP contribution in [0.25, 0.3) is 0 Å². The zero-order valence-corrected chi connectivity index (χ0v) is 18.6. The van der Waals surface area contributed by atoms with Crippen molar-refractivity contribution in [2.75, 3.05) is 40.8 Å². The molecule has 1 aliphatic rings. The molecule has 1 aliphatic carbocycles. The highest BCUT2D eigenvalue weighted by Gasteiger charge is 2.25. The van der Waals surface area contributed by atoms with Gasteiger partial charge < -0.3 is 20.9 Å². The molecule has 162 valence electrons. The van der Waals surface area contributed by atoms with Crippen LogP contribution < -0.4 is 16.0 Å². The molecule has 2 rings (SSSR count). The summed E-state index contributed by atoms with van der Waals surface area (Å²) < 4.78 is 0. The minimum absolute atomic E-state index is 0.0489. The second-order valence-electron chi connectivity index (χ2n) is 8.10. The Morgan fingerprint density at radius 3 is 2.62 bits per heavy atom. The van der Waals surface area contributed by atoms with Gasteiger partial charge in [0.2, 0.25) is 0 Å². The highest BCUT2D eigenvalue weighted by molar-refractivity contribution is 5.94. The predicted molar refractivity (Wildman–Crippen MR) is 122 cm³/mol. The van der Waals surface area contributed by atoms with Crippen molar-refractivity contribution in [3.05, 3.63) is 35.4 Å². The molecule has 6 nitrogen and oxygen atoms in total. The highest BCUT2D eigenvalue weighted by atomic mass is 16.1. The number of guanidine groups is 1. The van der Waals surface area contributed by atoms with E-state index in [1.807, 2.05) is 18.2 Å². The highest BCUT2D eigenvalue weighted by Crippen LogP contribution is 2.28. The number of carbonyl (C=O) groups is 1. The normalized spacial score (nSPS) is 16.5. The monoisotopic (exact) mass is 401 g/mol. The third-order valence-electron chi connectivity index (χ3n) is 5.76. The number of amides is 1. The lowest BCUT2D eigenvalue weighted by molar-refractivity contribution is 0.0963. The summed E-state index contributed by atoms with van der Waals surface area (Å²) in [5, 5.41) is 9.49. The number of aliphatic imine (C=N–C) groups is 1. The lowest BCUT2D eigenvalue weighted by Gasteiger charge is -2.34. The molecule has 1 aromatic rings. The van der Waals surface area contributed by atoms with Gasteiger partial charge in [0.15, 0.2) is 5.96 Å². The van der Waals surface area contributed by atoms with Crippen LogP contribution in [0.5, 0.6) is 0 Å². The average Bonchev–Trinajstić information content (AvgIpc) is 2.74. The van der Waals surface area contributed by atoms with Crippen LogP contribution in [0.15, 0.2) is 29.3 Å². The lowest BCUT2D eigenvalue weighted by Crippen LogP contribution is -2.42. The molecule has 0 heterocycles. The smallest absolute Gasteiger partial charge is 0.251 e. The van der Waals surface area contributed by atoms with Crippen LogP contribution in [0.1, 0.15) is 54.9 Å². The molecule has 1 amide bonds. The van der Waals surface area contributed by atoms with E-state index in [0.717, 1.165) is 43.5 Å². The van der Waals surface area contributed by atoms with E-state index in [1.54, 1.807) is 7.05 Å². The van der Waals surface area contributed by atoms with Crippen molar-refractivity contribution >= 4 is 11.9 Å². The SMILES string of the molecule is CCNC(=NCC(C1CCCCC1)N(C)C)NCCc1cccc(C(=O)NC)c1. The first-order valence-electron chi connectivity index (χ1n) is 11.0. The minimum Gasteiger partial charge on any atom is -0.357 e. The number of carbonyl (C=O) groups excluding carboxylic acids is 1. The van der Waals surface area contributed by atoms with Crippen LogP contribution in [0, 0.1) is 5.92 Å². The first-order chi connectivity index (χ1) is 14.0. The van der Waals surface area contributed by atoms with E-state index < -0.39 is 0 Å². The van der Waals surface area contributed by atoms with Gasteiger partial charge in [-0.15, -0.1) is 0 Å². The second kappa shape index (κ2) is 12.5. The fraction of sp³-hybridized carbons (Fsp3) is 0.652. The maximum absolute atomic E-state index is 11.8. The Morgan fingerprint density at radius 1 is 1.21 bits per heavy atom. The summed E-state index contributed by atoms with van der Waals surface area (Å²) in [6.07, 6.45) is 7.58. The van der Waals surface area contributed by atoms with Crippen molar-refractivity contribution in [2.45, 2.75) is 51.5 Å². The van der Waals surface area contributed by atoms with Gasteiger partial charge in [-0.1, -0.05) is 31.4 Å². The van der Waals surface area contributed by atoms with Gasteiger partial charge in [0, 0.05) is 31.7 Å². The number of benzene rings is 1. The van der Waals surface area contributed by atoms with E-state index >= 15 is 0 Å². The van der Waals surface area contributed by atoms with E-state index in [1.165, 1.54) is 32.1 Å². The van der Waals surface area contributed by atoms with Crippen LogP contribution >= 0.6 is 0 Å². The van der Waals surface area contributed by atoms with Crippen molar-refractivity contribution in [1.82, 2.24) is 20.9 Å². The summed E-state index contributed by atoms with van der Waals surface area (Å²) in [5.74, 6) is 1.57. The predicted octanol–water partition coefficient (Wildman–Crippen LogP) is 2.65. The topological polar surface area (TPSA) is 68.8 Å². The van der Waals surface area contributed by atoms with Gasteiger partial charge in [-0.3, -0.25) is 9.79 Å². The van der Waals surface area contributed by atoms with Crippen LogP contribution in [-0.2, 0) is 6.42 Å². The molecule has 0 aliphatic heterocycles. The molecule has 1 aromatic carbocycles. The molecule has 3 N–H and O–H groups in total. The number of nitrogens with zero attached hydrogens (tertiary/aromatic N) is 2. The number of hydrogen-bond donors (Lipinski definition) is 3. The van der Waals surface area contributed by atoms with Gasteiger partial charge in [-0.05, 0) is 63.9 Å². The number of hydrogen-bond acceptors (Lipinski definition) is 3. The Balaban J connectivity index is 1.92. The van der Waals surface area contributed by atoms with Crippen LogP contribution in [-0.4, -0.2) is 63.6 Å². The van der Waals surface area contributed by atoms with E-state index in [-0.39, 0.29) is 5.91 Å². The van der Waals surface area contributed by atoms with Gasteiger partial charge in [0.1, 0.15) is 0 Å². The quantitative estimate of drug-likeness (QED) is 0.440. The standard InChI is InChI=1S/C23H39N5O/c1-5-25-23(27-17-21(28(3)4)19-11-7-6-8-12-19)26-15-14-18-10-9-13-20(16-18)22(29)24-2/h9-10,13,16,19,21H,5-8,11-12,14-15,17H2,1-4H3,(H,24,29)(H2,25,26,27). The molecule has 6 heteroatoms. The summed E-state index contributed by atoms with van der Waals surface area (Å²) >= 11 is 0. The maximum atomic E-state index is 11.8. The second-order valence-corrected chi connectivity index (χ2v) is 8.10. The number of rotatable bonds is 9. The lowest BCUT2D eigenvalue weighted by atomic mass is 9.83. The van der Waals surface area contributed by atoms with Gasteiger partial charge in [0.05, 0.1) is 6.54 Å². The van der Waals surface area contributed by atoms with Gasteiger partial charge in [0.25, 0.3) is 5.91 Å². The van der Waals surface area contributed by atoms with Crippen molar-refractivity contribution < 1.29 is 4.79 Å². The van der Waals surface area contributed by atoms with E-state index in [4.69, 9.17) is 4.99 Å². The average molecular weight is 402 g/mol. The summed E-state index contributed by atoms with van der Waals surface area (Å²) in [6, 6.07) is 8.29. The van der Waals surface area contributed by atoms with Crippen LogP contribution in [0.2, 0.25) is 0 Å². The summed E-state index contributed by atoms with van der Waals surface area (Å²) in [6.45, 7) is 4.53. The molecule has 0 spiro atoms. The third kappa shape index (κ3) is 7.69. The number of likely N-dealkylation sites (N-methyl/N-ethyl adjacent to an activating group) is 1. The van der Waals surface area contributed by atoms with Gasteiger partial charge in [-0.2, -0.15) is 0 Å². The Hall–Kier alpha value is -2.08. The molecule has 1 saturated carbocycles. The first kappa shape index (κ1) is 23.2. The summed E-state index contributed by atoms with van der Waals surface area (Å²) in [7, 11) is 6.01. The van der Waals surface area contributed by atoms with Gasteiger partial charge >= 0.3 is 0 Å². The molecule has 0 saturated heterocycles. The fourth-order valence-corrected chi connectivity index (χ4v) is 4.12. The largest absolute Gasteiger partial charge is 0.357 e. The molecule has 0 aromatic heterocycles. The molecule has 0 bridgehead atoms. The van der Waals surface area contributed by atoms with Crippen molar-refractivity contribution in [2.24, 2.45) is 10.9 Å². The van der Waals surface area contributed by atoms with Crippen molar-refractivity contribution in [1.29, 1.82) is 0 Å². The van der Waals surface area contributed by atoms with Crippen LogP contribution in [0.4, 0.5) is 0 Å². The zero-order chi connectivity index (χ0) is 21.1. The fourth-order valence-electron chi connectivity index (χ4n) is 4.12. The summed E-state index contributed by atoms with van der Waals surface area (Å²) in [4.78, 5) is 19.0. The number of nitrogens with one attached hydrogen (secondary N) is 3. The first-order valence-corrected chi connectivity index (χ1v) is 11.0. The van der Waals surface area contributed by atoms with E-state index in [9.17, 15) is 4.79 Å². The van der Waals surface area contributed by atoms with Crippen molar-refractivity contribution in [3.63, 3.8) is 0 Å². The molecule has 1 atom stereocenters. The third-order valence-corrected chi connectivity index (χ3v) is 5.76. The molecular weight excluding hydrogens is 362 g/mol. The molecule has 1 fully saturated rings. The van der Waals surface area contributed by atoms with Gasteiger partial charge in [-0.25, -0.2) is 0 Å².